The molecule has 2 atom stereocenters. The zero-order valence-electron chi connectivity index (χ0n) is 21.0. The lowest BCUT2D eigenvalue weighted by Gasteiger charge is -2.11. The fraction of sp³-hybridized carbons (Fsp3) is 0.143. The summed E-state index contributed by atoms with van der Waals surface area (Å²) in [5.74, 6) is -1.24. The molecule has 40 heavy (non-hydrogen) atoms. The molecule has 0 saturated carbocycles. The normalized spacial score (nSPS) is 20.3. The SMILES string of the molecule is O=C(C[C@@H]1SC(=Nc2ccccc2)NC1=O)Nc1cccc(NC(=O)C[C@@H]2SC(=Nc3ccccc3)NC2=O)c1. The highest BCUT2D eigenvalue weighted by Gasteiger charge is 2.33. The number of amidine groups is 2. The Labute approximate surface area is 238 Å². The second-order valence-electron chi connectivity index (χ2n) is 8.78. The highest BCUT2D eigenvalue weighted by atomic mass is 32.2. The molecule has 4 amide bonds. The average molecular weight is 573 g/mol. The average Bonchev–Trinajstić information content (AvgIpc) is 3.45. The quantitative estimate of drug-likeness (QED) is 0.319. The molecule has 5 rings (SSSR count). The number of para-hydroxylation sites is 2. The largest absolute Gasteiger partial charge is 0.326 e. The maximum Gasteiger partial charge on any atom is 0.240 e. The lowest BCUT2D eigenvalue weighted by molar-refractivity contribution is -0.122. The lowest BCUT2D eigenvalue weighted by atomic mass is 10.2. The van der Waals surface area contributed by atoms with Gasteiger partial charge < -0.3 is 21.3 Å². The molecule has 0 radical (unpaired) electrons. The second-order valence-corrected chi connectivity index (χ2v) is 11.2. The van der Waals surface area contributed by atoms with Crippen molar-refractivity contribution in [2.75, 3.05) is 10.6 Å². The maximum absolute atomic E-state index is 12.7. The molecule has 2 fully saturated rings. The van der Waals surface area contributed by atoms with E-state index < -0.39 is 10.5 Å². The van der Waals surface area contributed by atoms with Gasteiger partial charge in [0.05, 0.1) is 11.4 Å². The van der Waals surface area contributed by atoms with E-state index >= 15 is 0 Å². The molecule has 3 aromatic carbocycles. The van der Waals surface area contributed by atoms with E-state index in [-0.39, 0.29) is 36.5 Å². The number of rotatable bonds is 8. The van der Waals surface area contributed by atoms with E-state index in [1.165, 1.54) is 23.5 Å². The molecular weight excluding hydrogens is 548 g/mol. The molecule has 2 heterocycles. The number of hydrogen-bond acceptors (Lipinski definition) is 8. The summed E-state index contributed by atoms with van der Waals surface area (Å²) in [5.41, 5.74) is 2.36. The molecule has 3 aromatic rings. The Morgan fingerprint density at radius 2 is 1.07 bits per heavy atom. The van der Waals surface area contributed by atoms with Crippen LogP contribution in [0.1, 0.15) is 12.8 Å². The van der Waals surface area contributed by atoms with Crippen molar-refractivity contribution < 1.29 is 19.2 Å². The standard InChI is InChI=1S/C28H24N6O4S2/c35-23(15-21-25(37)33-27(39-21)31-17-8-3-1-4-9-17)29-19-12-7-13-20(14-19)30-24(36)16-22-26(38)34-28(40-22)32-18-10-5-2-6-11-18/h1-14,21-22H,15-16H2,(H,29,35)(H,30,36)(H,31,33,37)(H,32,34,38)/t21-,22-/m0/s1. The Bertz CT molecular complexity index is 1390. The van der Waals surface area contributed by atoms with Crippen LogP contribution in [-0.4, -0.2) is 44.5 Å². The van der Waals surface area contributed by atoms with Crippen molar-refractivity contribution in [3.05, 3.63) is 84.9 Å². The van der Waals surface area contributed by atoms with Crippen LogP contribution in [0.15, 0.2) is 94.9 Å². The molecule has 0 spiro atoms. The number of aliphatic imine (C=N–C) groups is 2. The third-order valence-electron chi connectivity index (χ3n) is 5.70. The van der Waals surface area contributed by atoms with E-state index in [2.05, 4.69) is 31.3 Å². The van der Waals surface area contributed by atoms with Crippen molar-refractivity contribution >= 4 is 80.2 Å². The Kier molecular flexibility index (Phi) is 8.57. The van der Waals surface area contributed by atoms with Crippen LogP contribution in [0.25, 0.3) is 0 Å². The number of benzene rings is 3. The van der Waals surface area contributed by atoms with Crippen LogP contribution in [-0.2, 0) is 19.2 Å². The molecule has 0 aromatic heterocycles. The van der Waals surface area contributed by atoms with Crippen LogP contribution in [0.3, 0.4) is 0 Å². The molecule has 0 unspecified atom stereocenters. The molecular formula is C28H24N6O4S2. The lowest BCUT2D eigenvalue weighted by Crippen LogP contribution is -2.28. The molecule has 12 heteroatoms. The molecule has 2 aliphatic heterocycles. The zero-order valence-corrected chi connectivity index (χ0v) is 22.6. The third kappa shape index (κ3) is 7.36. The first-order valence-electron chi connectivity index (χ1n) is 12.3. The molecule has 0 bridgehead atoms. The number of carbonyl (C=O) groups excluding carboxylic acids is 4. The van der Waals surface area contributed by atoms with Crippen LogP contribution in [0, 0.1) is 0 Å². The minimum Gasteiger partial charge on any atom is -0.326 e. The van der Waals surface area contributed by atoms with Gasteiger partial charge in [-0.05, 0) is 42.5 Å². The first kappa shape index (κ1) is 27.2. The summed E-state index contributed by atoms with van der Waals surface area (Å²) in [6.45, 7) is 0. The smallest absolute Gasteiger partial charge is 0.240 e. The van der Waals surface area contributed by atoms with E-state index in [0.717, 1.165) is 0 Å². The minimum atomic E-state index is -0.601. The third-order valence-corrected chi connectivity index (χ3v) is 7.86. The predicted molar refractivity (Wildman–Crippen MR) is 159 cm³/mol. The summed E-state index contributed by atoms with van der Waals surface area (Å²) in [6.07, 6.45) is -0.0798. The van der Waals surface area contributed by atoms with E-state index in [9.17, 15) is 19.2 Å². The topological polar surface area (TPSA) is 141 Å². The van der Waals surface area contributed by atoms with Crippen LogP contribution in [0.4, 0.5) is 22.7 Å². The highest BCUT2D eigenvalue weighted by Crippen LogP contribution is 2.27. The number of anilines is 2. The van der Waals surface area contributed by atoms with Crippen molar-refractivity contribution in [3.63, 3.8) is 0 Å². The van der Waals surface area contributed by atoms with E-state index in [1.807, 2.05) is 60.7 Å². The first-order chi connectivity index (χ1) is 19.4. The van der Waals surface area contributed by atoms with Crippen LogP contribution < -0.4 is 21.3 Å². The number of hydrogen-bond donors (Lipinski definition) is 4. The van der Waals surface area contributed by atoms with Gasteiger partial charge in [-0.1, -0.05) is 66.0 Å². The summed E-state index contributed by atoms with van der Waals surface area (Å²) >= 11 is 2.42. The highest BCUT2D eigenvalue weighted by molar-refractivity contribution is 8.16. The van der Waals surface area contributed by atoms with Gasteiger partial charge in [0.1, 0.15) is 10.5 Å². The van der Waals surface area contributed by atoms with E-state index in [4.69, 9.17) is 0 Å². The summed E-state index contributed by atoms with van der Waals surface area (Å²) in [5, 5.41) is 10.7. The second kappa shape index (κ2) is 12.6. The zero-order chi connectivity index (χ0) is 27.9. The van der Waals surface area contributed by atoms with Gasteiger partial charge in [-0.3, -0.25) is 19.2 Å². The van der Waals surface area contributed by atoms with Crippen LogP contribution in [0.2, 0.25) is 0 Å². The number of nitrogens with zero attached hydrogens (tertiary/aromatic N) is 2. The number of nitrogens with one attached hydrogen (secondary N) is 4. The van der Waals surface area contributed by atoms with Gasteiger partial charge in [0.2, 0.25) is 23.6 Å². The minimum absolute atomic E-state index is 0.0399. The van der Waals surface area contributed by atoms with E-state index in [0.29, 0.717) is 33.1 Å². The van der Waals surface area contributed by atoms with Crippen LogP contribution >= 0.6 is 23.5 Å². The Morgan fingerprint density at radius 1 is 0.650 bits per heavy atom. The number of amides is 4. The van der Waals surface area contributed by atoms with Crippen molar-refractivity contribution in [1.82, 2.24) is 10.6 Å². The summed E-state index contributed by atoms with van der Waals surface area (Å²) < 4.78 is 0. The Hall–Kier alpha value is -4.42. The predicted octanol–water partition coefficient (Wildman–Crippen LogP) is 4.18. The Balaban J connectivity index is 1.12. The Morgan fingerprint density at radius 3 is 1.50 bits per heavy atom. The molecule has 10 nitrogen and oxygen atoms in total. The van der Waals surface area contributed by atoms with Gasteiger partial charge >= 0.3 is 0 Å². The van der Waals surface area contributed by atoms with Crippen molar-refractivity contribution in [3.8, 4) is 0 Å². The number of thioether (sulfide) groups is 2. The van der Waals surface area contributed by atoms with Gasteiger partial charge in [-0.15, -0.1) is 0 Å². The van der Waals surface area contributed by atoms with Gasteiger partial charge in [-0.2, -0.15) is 0 Å². The molecule has 2 saturated heterocycles. The summed E-state index contributed by atoms with van der Waals surface area (Å²) in [6, 6.07) is 25.1. The molecule has 4 N–H and O–H groups in total. The maximum atomic E-state index is 12.7. The fourth-order valence-electron chi connectivity index (χ4n) is 3.86. The number of carbonyl (C=O) groups is 4. The molecule has 202 valence electrons. The fourth-order valence-corrected chi connectivity index (χ4v) is 5.84. The van der Waals surface area contributed by atoms with Crippen molar-refractivity contribution in [2.45, 2.75) is 23.3 Å². The van der Waals surface area contributed by atoms with Crippen LogP contribution in [0.5, 0.6) is 0 Å². The van der Waals surface area contributed by atoms with Gasteiger partial charge in [-0.25, -0.2) is 9.98 Å². The molecule has 2 aliphatic rings. The van der Waals surface area contributed by atoms with Crippen molar-refractivity contribution in [1.29, 1.82) is 0 Å². The van der Waals surface area contributed by atoms with Gasteiger partial charge in [0.15, 0.2) is 10.3 Å². The monoisotopic (exact) mass is 572 g/mol. The van der Waals surface area contributed by atoms with Gasteiger partial charge in [0, 0.05) is 24.2 Å². The summed E-state index contributed by atoms with van der Waals surface area (Å²) in [4.78, 5) is 58.8. The summed E-state index contributed by atoms with van der Waals surface area (Å²) in [7, 11) is 0. The van der Waals surface area contributed by atoms with Gasteiger partial charge in [0.25, 0.3) is 0 Å². The molecule has 0 aliphatic carbocycles. The van der Waals surface area contributed by atoms with E-state index in [1.54, 1.807) is 24.3 Å². The first-order valence-corrected chi connectivity index (χ1v) is 14.1. The van der Waals surface area contributed by atoms with Crippen molar-refractivity contribution in [2.24, 2.45) is 9.98 Å².